The molecule has 8 heteroatoms. The van der Waals surface area contributed by atoms with Crippen LogP contribution in [0.2, 0.25) is 0 Å². The largest absolute Gasteiger partial charge is 0.266 e. The maximum Gasteiger partial charge on any atom is 0.264 e. The molecule has 0 saturated heterocycles. The van der Waals surface area contributed by atoms with E-state index >= 15 is 0 Å². The van der Waals surface area contributed by atoms with E-state index in [0.29, 0.717) is 6.26 Å². The molecule has 2 unspecified atom stereocenters. The Balaban J connectivity index is 3.02. The van der Waals surface area contributed by atoms with Gasteiger partial charge in [-0.15, -0.1) is 0 Å². The van der Waals surface area contributed by atoms with E-state index in [2.05, 4.69) is 4.18 Å². The molecule has 0 heterocycles. The van der Waals surface area contributed by atoms with Gasteiger partial charge in [-0.3, -0.25) is 4.18 Å². The van der Waals surface area contributed by atoms with Gasteiger partial charge < -0.3 is 0 Å². The molecule has 0 aromatic carbocycles. The molecular weight excluding hydrogens is 264 g/mol. The molecule has 0 radical (unpaired) electrons. The molecular formula is C9H10F4O3S. The summed E-state index contributed by atoms with van der Waals surface area (Å²) in [7, 11) is -4.01. The second kappa shape index (κ2) is 4.41. The Bertz CT molecular complexity index is 482. The average Bonchev–Trinajstić information content (AvgIpc) is 2.20. The number of rotatable bonds is 3. The first-order chi connectivity index (χ1) is 7.58. The molecule has 0 aromatic rings. The summed E-state index contributed by atoms with van der Waals surface area (Å²) < 4.78 is 78.6. The molecule has 98 valence electrons. The second-order valence-electron chi connectivity index (χ2n) is 3.74. The van der Waals surface area contributed by atoms with Crippen LogP contribution in [-0.4, -0.2) is 26.9 Å². The van der Waals surface area contributed by atoms with Gasteiger partial charge in [-0.25, -0.2) is 17.6 Å². The second-order valence-corrected chi connectivity index (χ2v) is 5.38. The van der Waals surface area contributed by atoms with Gasteiger partial charge in [0.05, 0.1) is 12.2 Å². The van der Waals surface area contributed by atoms with Crippen molar-refractivity contribution >= 4 is 10.1 Å². The standard InChI is InChI=1S/C9H10F4O3S/c1-5-8(12)6(10)3-7(11)9(5,13)4-16-17(2,14)15/h3,5H,4H2,1-2H3. The van der Waals surface area contributed by atoms with Crippen LogP contribution in [0.1, 0.15) is 6.92 Å². The van der Waals surface area contributed by atoms with Crippen molar-refractivity contribution in [2.24, 2.45) is 5.92 Å². The van der Waals surface area contributed by atoms with Gasteiger partial charge in [0, 0.05) is 6.08 Å². The highest BCUT2D eigenvalue weighted by atomic mass is 32.2. The third kappa shape index (κ3) is 2.86. The van der Waals surface area contributed by atoms with Gasteiger partial charge >= 0.3 is 0 Å². The van der Waals surface area contributed by atoms with E-state index in [0.717, 1.165) is 6.92 Å². The first-order valence-corrected chi connectivity index (χ1v) is 6.35. The summed E-state index contributed by atoms with van der Waals surface area (Å²) in [6.07, 6.45) is 0.680. The van der Waals surface area contributed by atoms with Crippen LogP contribution in [0, 0.1) is 5.92 Å². The lowest BCUT2D eigenvalue weighted by Gasteiger charge is -2.30. The summed E-state index contributed by atoms with van der Waals surface area (Å²) in [4.78, 5) is 0. The van der Waals surface area contributed by atoms with Crippen LogP contribution >= 0.6 is 0 Å². The minimum atomic E-state index is -4.01. The first kappa shape index (κ1) is 14.2. The molecule has 0 fully saturated rings. The zero-order valence-electron chi connectivity index (χ0n) is 9.01. The van der Waals surface area contributed by atoms with E-state index in [4.69, 9.17) is 0 Å². The van der Waals surface area contributed by atoms with Crippen molar-refractivity contribution in [2.75, 3.05) is 12.9 Å². The van der Waals surface area contributed by atoms with E-state index in [1.54, 1.807) is 0 Å². The van der Waals surface area contributed by atoms with Gasteiger partial charge in [0.15, 0.2) is 11.5 Å². The topological polar surface area (TPSA) is 43.4 Å². The summed E-state index contributed by atoms with van der Waals surface area (Å²) in [5.41, 5.74) is -3.03. The lowest BCUT2D eigenvalue weighted by Crippen LogP contribution is -2.40. The van der Waals surface area contributed by atoms with Crippen LogP contribution in [0.3, 0.4) is 0 Å². The van der Waals surface area contributed by atoms with Gasteiger partial charge in [0.25, 0.3) is 10.1 Å². The normalized spacial score (nSPS) is 30.5. The minimum Gasteiger partial charge on any atom is -0.266 e. The predicted molar refractivity (Wildman–Crippen MR) is 52.2 cm³/mol. The first-order valence-electron chi connectivity index (χ1n) is 4.54. The van der Waals surface area contributed by atoms with E-state index in [-0.39, 0.29) is 6.08 Å². The highest BCUT2D eigenvalue weighted by Crippen LogP contribution is 2.42. The van der Waals surface area contributed by atoms with Gasteiger partial charge in [-0.1, -0.05) is 6.92 Å². The molecule has 0 spiro atoms. The summed E-state index contributed by atoms with van der Waals surface area (Å²) >= 11 is 0. The molecule has 0 bridgehead atoms. The van der Waals surface area contributed by atoms with Crippen molar-refractivity contribution in [2.45, 2.75) is 12.6 Å². The Morgan fingerprint density at radius 2 is 1.94 bits per heavy atom. The van der Waals surface area contributed by atoms with Crippen LogP contribution in [0.25, 0.3) is 0 Å². The monoisotopic (exact) mass is 274 g/mol. The maximum absolute atomic E-state index is 14.0. The third-order valence-corrected chi connectivity index (χ3v) is 2.97. The lowest BCUT2D eigenvalue weighted by molar-refractivity contribution is 0.0494. The molecule has 2 atom stereocenters. The Morgan fingerprint density at radius 3 is 2.41 bits per heavy atom. The zero-order chi connectivity index (χ0) is 13.4. The molecule has 17 heavy (non-hydrogen) atoms. The molecule has 0 aromatic heterocycles. The highest BCUT2D eigenvalue weighted by molar-refractivity contribution is 7.85. The number of allylic oxidation sites excluding steroid dienone is 3. The third-order valence-electron chi connectivity index (χ3n) is 2.43. The quantitative estimate of drug-likeness (QED) is 0.586. The van der Waals surface area contributed by atoms with Crippen LogP contribution in [0.15, 0.2) is 23.6 Å². The van der Waals surface area contributed by atoms with Crippen molar-refractivity contribution in [3.8, 4) is 0 Å². The van der Waals surface area contributed by atoms with Crippen molar-refractivity contribution in [3.05, 3.63) is 23.6 Å². The van der Waals surface area contributed by atoms with Crippen LogP contribution < -0.4 is 0 Å². The molecule has 0 aliphatic heterocycles. The van der Waals surface area contributed by atoms with Gasteiger partial charge in [0.1, 0.15) is 18.3 Å². The summed E-state index contributed by atoms with van der Waals surface area (Å²) in [6, 6.07) is 0. The number of halogens is 4. The lowest BCUT2D eigenvalue weighted by atomic mass is 9.85. The average molecular weight is 274 g/mol. The Kier molecular flexibility index (Phi) is 3.68. The predicted octanol–water partition coefficient (Wildman–Crippen LogP) is 2.32. The molecule has 1 aliphatic rings. The fraction of sp³-hybridized carbons (Fsp3) is 0.556. The summed E-state index contributed by atoms with van der Waals surface area (Å²) in [5.74, 6) is -6.39. The van der Waals surface area contributed by atoms with Crippen molar-refractivity contribution in [1.82, 2.24) is 0 Å². The highest BCUT2D eigenvalue weighted by Gasteiger charge is 2.48. The van der Waals surface area contributed by atoms with Crippen LogP contribution in [0.5, 0.6) is 0 Å². The van der Waals surface area contributed by atoms with Crippen LogP contribution in [0.4, 0.5) is 17.6 Å². The van der Waals surface area contributed by atoms with Gasteiger partial charge in [0.2, 0.25) is 0 Å². The van der Waals surface area contributed by atoms with Gasteiger partial charge in [-0.2, -0.15) is 8.42 Å². The number of alkyl halides is 1. The molecule has 0 amide bonds. The molecule has 0 N–H and O–H groups in total. The smallest absolute Gasteiger partial charge is 0.264 e. The number of hydrogen-bond acceptors (Lipinski definition) is 3. The minimum absolute atomic E-state index is 0.0426. The fourth-order valence-electron chi connectivity index (χ4n) is 1.30. The Morgan fingerprint density at radius 1 is 1.41 bits per heavy atom. The molecule has 0 saturated carbocycles. The van der Waals surface area contributed by atoms with E-state index in [1.165, 1.54) is 0 Å². The molecule has 1 rings (SSSR count). The van der Waals surface area contributed by atoms with E-state index in [1.807, 2.05) is 0 Å². The SMILES string of the molecule is CC1C(F)=C(F)C=C(F)C1(F)COS(C)(=O)=O. The molecule has 3 nitrogen and oxygen atoms in total. The Hall–Kier alpha value is -0.890. The van der Waals surface area contributed by atoms with Gasteiger partial charge in [-0.05, 0) is 0 Å². The zero-order valence-corrected chi connectivity index (χ0v) is 9.82. The molecule has 1 aliphatic carbocycles. The summed E-state index contributed by atoms with van der Waals surface area (Å²) in [6.45, 7) is -0.344. The van der Waals surface area contributed by atoms with Crippen molar-refractivity contribution < 1.29 is 30.2 Å². The van der Waals surface area contributed by atoms with E-state index in [9.17, 15) is 26.0 Å². The number of hydrogen-bond donors (Lipinski definition) is 0. The Labute approximate surface area is 95.9 Å². The van der Waals surface area contributed by atoms with Crippen molar-refractivity contribution in [3.63, 3.8) is 0 Å². The summed E-state index contributed by atoms with van der Waals surface area (Å²) in [5, 5.41) is 0. The van der Waals surface area contributed by atoms with Crippen LogP contribution in [-0.2, 0) is 14.3 Å². The maximum atomic E-state index is 14.0. The van der Waals surface area contributed by atoms with Crippen molar-refractivity contribution in [1.29, 1.82) is 0 Å². The van der Waals surface area contributed by atoms with E-state index < -0.39 is 45.8 Å². The fourth-order valence-corrected chi connectivity index (χ4v) is 1.69.